The molecule has 2 aromatic rings. The molecule has 2 amide bonds. The van der Waals surface area contributed by atoms with Crippen LogP contribution in [0.4, 0.5) is 0 Å². The Morgan fingerprint density at radius 2 is 1.72 bits per heavy atom. The zero-order valence-corrected chi connectivity index (χ0v) is 17.7. The van der Waals surface area contributed by atoms with E-state index in [4.69, 9.17) is 11.6 Å². The fourth-order valence-electron chi connectivity index (χ4n) is 3.72. The molecule has 5 nitrogen and oxygen atoms in total. The van der Waals surface area contributed by atoms with E-state index in [9.17, 15) is 9.59 Å². The molecule has 1 aliphatic heterocycles. The number of carbonyl (C=O) groups is 2. The summed E-state index contributed by atoms with van der Waals surface area (Å²) in [4.78, 5) is 30.0. The maximum atomic E-state index is 13.0. The van der Waals surface area contributed by atoms with Crippen molar-refractivity contribution in [1.29, 1.82) is 0 Å². The van der Waals surface area contributed by atoms with E-state index in [1.54, 1.807) is 24.3 Å². The van der Waals surface area contributed by atoms with Gasteiger partial charge in [0, 0.05) is 13.1 Å². The highest BCUT2D eigenvalue weighted by Gasteiger charge is 2.27. The van der Waals surface area contributed by atoms with Gasteiger partial charge in [0.15, 0.2) is 0 Å². The van der Waals surface area contributed by atoms with Crippen molar-refractivity contribution >= 4 is 23.4 Å². The Balaban J connectivity index is 1.73. The number of nitrogens with one attached hydrogen (secondary N) is 1. The smallest absolute Gasteiger partial charge is 0.253 e. The van der Waals surface area contributed by atoms with E-state index in [-0.39, 0.29) is 24.3 Å². The summed E-state index contributed by atoms with van der Waals surface area (Å²) in [5.41, 5.74) is 1.31. The SMILES string of the molecule is CN1CCC(N(C)C(=O)CC(NC(=O)c2ccccc2Cl)c2ccccc2)CC1. The van der Waals surface area contributed by atoms with Crippen molar-refractivity contribution in [2.24, 2.45) is 0 Å². The molecule has 1 fully saturated rings. The predicted octanol–water partition coefficient (Wildman–Crippen LogP) is 3.75. The Labute approximate surface area is 177 Å². The summed E-state index contributed by atoms with van der Waals surface area (Å²) in [7, 11) is 3.98. The molecule has 1 saturated heterocycles. The minimum absolute atomic E-state index is 0.0351. The molecule has 1 atom stereocenters. The van der Waals surface area contributed by atoms with Crippen LogP contribution < -0.4 is 5.32 Å². The van der Waals surface area contributed by atoms with Gasteiger partial charge >= 0.3 is 0 Å². The largest absolute Gasteiger partial charge is 0.345 e. The zero-order chi connectivity index (χ0) is 20.8. The highest BCUT2D eigenvalue weighted by Crippen LogP contribution is 2.23. The quantitative estimate of drug-likeness (QED) is 0.784. The van der Waals surface area contributed by atoms with Crippen LogP contribution in [-0.4, -0.2) is 54.8 Å². The van der Waals surface area contributed by atoms with Gasteiger partial charge in [0.25, 0.3) is 5.91 Å². The zero-order valence-electron chi connectivity index (χ0n) is 17.0. The highest BCUT2D eigenvalue weighted by molar-refractivity contribution is 6.33. The lowest BCUT2D eigenvalue weighted by Gasteiger charge is -2.35. The first kappa shape index (κ1) is 21.3. The maximum Gasteiger partial charge on any atom is 0.253 e. The molecule has 1 unspecified atom stereocenters. The minimum atomic E-state index is -0.416. The van der Waals surface area contributed by atoms with Gasteiger partial charge in [-0.15, -0.1) is 0 Å². The summed E-state index contributed by atoms with van der Waals surface area (Å²) in [6.45, 7) is 1.99. The Hall–Kier alpha value is -2.37. The number of hydrogen-bond donors (Lipinski definition) is 1. The van der Waals surface area contributed by atoms with Gasteiger partial charge in [0.05, 0.1) is 23.0 Å². The lowest BCUT2D eigenvalue weighted by atomic mass is 10.00. The Morgan fingerprint density at radius 1 is 1.10 bits per heavy atom. The van der Waals surface area contributed by atoms with Crippen LogP contribution in [-0.2, 0) is 4.79 Å². The van der Waals surface area contributed by atoms with Crippen molar-refractivity contribution in [1.82, 2.24) is 15.1 Å². The number of halogens is 1. The molecular weight excluding hydrogens is 386 g/mol. The van der Waals surface area contributed by atoms with E-state index in [0.29, 0.717) is 10.6 Å². The summed E-state index contributed by atoms with van der Waals surface area (Å²) < 4.78 is 0. The number of piperidine rings is 1. The Bertz CT molecular complexity index is 835. The average molecular weight is 414 g/mol. The van der Waals surface area contributed by atoms with Crippen LogP contribution in [0.3, 0.4) is 0 Å². The van der Waals surface area contributed by atoms with Gasteiger partial charge in [-0.05, 0) is 50.7 Å². The first-order valence-corrected chi connectivity index (χ1v) is 10.4. The second-order valence-electron chi connectivity index (χ2n) is 7.66. The molecule has 0 aromatic heterocycles. The number of hydrogen-bond acceptors (Lipinski definition) is 3. The van der Waals surface area contributed by atoms with E-state index in [2.05, 4.69) is 17.3 Å². The van der Waals surface area contributed by atoms with Crippen molar-refractivity contribution in [2.75, 3.05) is 27.2 Å². The lowest BCUT2D eigenvalue weighted by Crippen LogP contribution is -2.45. The number of carbonyl (C=O) groups excluding carboxylic acids is 2. The van der Waals surface area contributed by atoms with Crippen LogP contribution in [0.1, 0.15) is 41.2 Å². The van der Waals surface area contributed by atoms with Crippen molar-refractivity contribution < 1.29 is 9.59 Å². The third kappa shape index (κ3) is 5.58. The first-order valence-electron chi connectivity index (χ1n) is 10.00. The van der Waals surface area contributed by atoms with Crippen LogP contribution in [0.5, 0.6) is 0 Å². The lowest BCUT2D eigenvalue weighted by molar-refractivity contribution is -0.133. The van der Waals surface area contributed by atoms with Crippen LogP contribution >= 0.6 is 11.6 Å². The minimum Gasteiger partial charge on any atom is -0.345 e. The second-order valence-corrected chi connectivity index (χ2v) is 8.07. The molecule has 0 spiro atoms. The van der Waals surface area contributed by atoms with E-state index >= 15 is 0 Å². The van der Waals surface area contributed by atoms with Gasteiger partial charge in [0.2, 0.25) is 5.91 Å². The standard InChI is InChI=1S/C23H28ClN3O2/c1-26-14-12-18(13-15-26)27(2)22(28)16-21(17-8-4-3-5-9-17)25-23(29)19-10-6-7-11-20(19)24/h3-11,18,21H,12-16H2,1-2H3,(H,25,29). The van der Waals surface area contributed by atoms with Crippen molar-refractivity contribution in [2.45, 2.75) is 31.3 Å². The molecule has 1 heterocycles. The summed E-state index contributed by atoms with van der Waals surface area (Å²) >= 11 is 6.18. The van der Waals surface area contributed by atoms with Crippen molar-refractivity contribution in [3.05, 3.63) is 70.7 Å². The fraction of sp³-hybridized carbons (Fsp3) is 0.391. The van der Waals surface area contributed by atoms with Gasteiger partial charge < -0.3 is 15.1 Å². The topological polar surface area (TPSA) is 52.6 Å². The molecule has 2 aromatic carbocycles. The normalized spacial score (nSPS) is 16.2. The van der Waals surface area contributed by atoms with Crippen LogP contribution in [0.25, 0.3) is 0 Å². The molecule has 0 bridgehead atoms. The third-order valence-corrected chi connectivity index (χ3v) is 5.96. The van der Waals surface area contributed by atoms with Crippen LogP contribution in [0.15, 0.2) is 54.6 Å². The van der Waals surface area contributed by atoms with Crippen LogP contribution in [0, 0.1) is 0 Å². The third-order valence-electron chi connectivity index (χ3n) is 5.63. The molecule has 0 radical (unpaired) electrons. The van der Waals surface area contributed by atoms with Gasteiger partial charge in [-0.25, -0.2) is 0 Å². The first-order chi connectivity index (χ1) is 14.0. The number of rotatable bonds is 6. The van der Waals surface area contributed by atoms with E-state index < -0.39 is 6.04 Å². The molecule has 3 rings (SSSR count). The molecule has 0 saturated carbocycles. The monoisotopic (exact) mass is 413 g/mol. The number of amides is 2. The van der Waals surface area contributed by atoms with Crippen LogP contribution in [0.2, 0.25) is 5.02 Å². The Kier molecular flexibility index (Phi) is 7.29. The summed E-state index contributed by atoms with van der Waals surface area (Å²) in [5.74, 6) is -0.243. The molecule has 154 valence electrons. The molecule has 0 aliphatic carbocycles. The van der Waals surface area contributed by atoms with Crippen molar-refractivity contribution in [3.8, 4) is 0 Å². The van der Waals surface area contributed by atoms with E-state index in [1.165, 1.54) is 0 Å². The van der Waals surface area contributed by atoms with Gasteiger partial charge in [-0.1, -0.05) is 54.1 Å². The molecule has 29 heavy (non-hydrogen) atoms. The van der Waals surface area contributed by atoms with Gasteiger partial charge in [-0.3, -0.25) is 9.59 Å². The summed E-state index contributed by atoms with van der Waals surface area (Å²) in [6.07, 6.45) is 2.16. The molecule has 1 N–H and O–H groups in total. The van der Waals surface area contributed by atoms with Gasteiger partial charge in [0.1, 0.15) is 0 Å². The average Bonchev–Trinajstić information content (AvgIpc) is 2.74. The predicted molar refractivity (Wildman–Crippen MR) is 116 cm³/mol. The number of likely N-dealkylation sites (tertiary alicyclic amines) is 1. The van der Waals surface area contributed by atoms with Crippen molar-refractivity contribution in [3.63, 3.8) is 0 Å². The number of benzene rings is 2. The Morgan fingerprint density at radius 3 is 2.38 bits per heavy atom. The highest BCUT2D eigenvalue weighted by atomic mass is 35.5. The summed E-state index contributed by atoms with van der Waals surface area (Å²) in [5, 5.41) is 3.40. The number of nitrogens with zero attached hydrogens (tertiary/aromatic N) is 2. The van der Waals surface area contributed by atoms with E-state index in [1.807, 2.05) is 42.3 Å². The fourth-order valence-corrected chi connectivity index (χ4v) is 3.94. The molecule has 6 heteroatoms. The van der Waals surface area contributed by atoms with E-state index in [0.717, 1.165) is 31.5 Å². The molecular formula is C23H28ClN3O2. The summed E-state index contributed by atoms with van der Waals surface area (Å²) in [6, 6.07) is 16.4. The van der Waals surface area contributed by atoms with Gasteiger partial charge in [-0.2, -0.15) is 0 Å². The second kappa shape index (κ2) is 9.90. The molecule has 1 aliphatic rings. The maximum absolute atomic E-state index is 13.0.